The van der Waals surface area contributed by atoms with Gasteiger partial charge in [-0.3, -0.25) is 9.59 Å². The summed E-state index contributed by atoms with van der Waals surface area (Å²) in [5.74, 6) is -0.116. The van der Waals surface area contributed by atoms with Gasteiger partial charge in [0.05, 0.1) is 6.04 Å². The molecule has 0 spiro atoms. The molecule has 0 aliphatic carbocycles. The average Bonchev–Trinajstić information content (AvgIpc) is 2.53. The Kier molecular flexibility index (Phi) is 6.45. The molecule has 0 radical (unpaired) electrons. The summed E-state index contributed by atoms with van der Waals surface area (Å²) >= 11 is 7.35. The fourth-order valence-corrected chi connectivity index (χ4v) is 3.01. The highest BCUT2D eigenvalue weighted by molar-refractivity contribution is 7.98. The van der Waals surface area contributed by atoms with Crippen molar-refractivity contribution in [2.24, 2.45) is 0 Å². The number of aromatic nitrogens is 2. The Bertz CT molecular complexity index is 792. The van der Waals surface area contributed by atoms with Crippen LogP contribution in [-0.2, 0) is 11.2 Å². The van der Waals surface area contributed by atoms with Gasteiger partial charge in [-0.1, -0.05) is 35.5 Å². The lowest BCUT2D eigenvalue weighted by molar-refractivity contribution is -0.121. The summed E-state index contributed by atoms with van der Waals surface area (Å²) in [7, 11) is 0. The number of amides is 1. The zero-order valence-electron chi connectivity index (χ0n) is 13.9. The summed E-state index contributed by atoms with van der Waals surface area (Å²) in [6.07, 6.45) is 2.44. The minimum absolute atomic E-state index is 0.116. The Morgan fingerprint density at radius 3 is 2.83 bits per heavy atom. The van der Waals surface area contributed by atoms with E-state index < -0.39 is 0 Å². The van der Waals surface area contributed by atoms with Crippen LogP contribution in [0.1, 0.15) is 36.2 Å². The van der Waals surface area contributed by atoms with E-state index in [1.165, 1.54) is 11.8 Å². The Morgan fingerprint density at radius 2 is 2.21 bits per heavy atom. The molecule has 0 aliphatic heterocycles. The smallest absolute Gasteiger partial charge is 0.254 e. The minimum Gasteiger partial charge on any atom is -0.350 e. The topological polar surface area (TPSA) is 74.8 Å². The first-order valence-electron chi connectivity index (χ1n) is 7.59. The second-order valence-corrected chi connectivity index (χ2v) is 6.71. The number of aryl methyl sites for hydroxylation is 1. The molecule has 1 aromatic heterocycles. The molecule has 1 amide bonds. The molecule has 0 fully saturated rings. The number of carbonyl (C=O) groups is 1. The fourth-order valence-electron chi connectivity index (χ4n) is 2.39. The predicted molar refractivity (Wildman–Crippen MR) is 97.7 cm³/mol. The summed E-state index contributed by atoms with van der Waals surface area (Å²) in [6.45, 7) is 3.69. The molecule has 0 saturated heterocycles. The molecule has 1 atom stereocenters. The summed E-state index contributed by atoms with van der Waals surface area (Å²) in [5, 5.41) is 4.14. The maximum absolute atomic E-state index is 12.1. The number of thioether (sulfide) groups is 1. The van der Waals surface area contributed by atoms with E-state index >= 15 is 0 Å². The normalized spacial score (nSPS) is 12.0. The van der Waals surface area contributed by atoms with Crippen molar-refractivity contribution < 1.29 is 4.79 Å². The summed E-state index contributed by atoms with van der Waals surface area (Å²) < 4.78 is 0. The van der Waals surface area contributed by atoms with Crippen molar-refractivity contribution in [2.45, 2.75) is 37.9 Å². The number of hydrogen-bond donors (Lipinski definition) is 2. The molecule has 0 saturated carbocycles. The number of carbonyl (C=O) groups excluding carboxylic acids is 1. The highest BCUT2D eigenvalue weighted by Gasteiger charge is 2.13. The van der Waals surface area contributed by atoms with Crippen LogP contribution >= 0.6 is 23.4 Å². The molecule has 2 N–H and O–H groups in total. The zero-order valence-corrected chi connectivity index (χ0v) is 15.4. The van der Waals surface area contributed by atoms with E-state index in [0.717, 1.165) is 5.56 Å². The summed E-state index contributed by atoms with van der Waals surface area (Å²) in [5.41, 5.74) is 1.98. The van der Waals surface area contributed by atoms with Crippen LogP contribution in [0.5, 0.6) is 0 Å². The first-order valence-corrected chi connectivity index (χ1v) is 9.19. The van der Waals surface area contributed by atoms with Crippen LogP contribution in [0.4, 0.5) is 0 Å². The minimum atomic E-state index is -0.178. The van der Waals surface area contributed by atoms with Gasteiger partial charge in [-0.15, -0.1) is 0 Å². The van der Waals surface area contributed by atoms with Gasteiger partial charge in [-0.05, 0) is 44.2 Å². The second-order valence-electron chi connectivity index (χ2n) is 5.48. The third-order valence-corrected chi connectivity index (χ3v) is 4.54. The van der Waals surface area contributed by atoms with Crippen molar-refractivity contribution in [1.82, 2.24) is 15.3 Å². The van der Waals surface area contributed by atoms with Gasteiger partial charge < -0.3 is 10.3 Å². The van der Waals surface area contributed by atoms with Gasteiger partial charge in [0, 0.05) is 22.7 Å². The Morgan fingerprint density at radius 1 is 1.46 bits per heavy atom. The van der Waals surface area contributed by atoms with Crippen molar-refractivity contribution in [3.8, 4) is 0 Å². The Labute approximate surface area is 150 Å². The highest BCUT2D eigenvalue weighted by Crippen LogP contribution is 2.17. The lowest BCUT2D eigenvalue weighted by Gasteiger charge is -2.14. The number of H-pyrrole nitrogens is 1. The van der Waals surface area contributed by atoms with E-state index in [-0.39, 0.29) is 23.9 Å². The van der Waals surface area contributed by atoms with Crippen LogP contribution in [0.15, 0.2) is 34.2 Å². The molecule has 0 aliphatic rings. The molecule has 2 rings (SSSR count). The van der Waals surface area contributed by atoms with Crippen LogP contribution in [0.2, 0.25) is 5.02 Å². The maximum atomic E-state index is 12.1. The largest absolute Gasteiger partial charge is 0.350 e. The van der Waals surface area contributed by atoms with E-state index in [9.17, 15) is 9.59 Å². The van der Waals surface area contributed by atoms with Gasteiger partial charge in [-0.2, -0.15) is 0 Å². The molecule has 1 aromatic carbocycles. The predicted octanol–water partition coefficient (Wildman–Crippen LogP) is 3.26. The highest BCUT2D eigenvalue weighted by atomic mass is 35.5. The Balaban J connectivity index is 1.97. The molecule has 1 heterocycles. The summed E-state index contributed by atoms with van der Waals surface area (Å²) in [6, 6.07) is 7.23. The number of benzene rings is 1. The molecular weight excluding hydrogens is 346 g/mol. The molecule has 7 heteroatoms. The van der Waals surface area contributed by atoms with E-state index in [1.54, 1.807) is 13.0 Å². The van der Waals surface area contributed by atoms with Crippen LogP contribution in [0.25, 0.3) is 0 Å². The van der Waals surface area contributed by atoms with Gasteiger partial charge in [0.25, 0.3) is 5.56 Å². The average molecular weight is 366 g/mol. The lowest BCUT2D eigenvalue weighted by atomic mass is 10.1. The van der Waals surface area contributed by atoms with Crippen molar-refractivity contribution in [3.05, 3.63) is 56.5 Å². The van der Waals surface area contributed by atoms with Crippen LogP contribution < -0.4 is 10.9 Å². The lowest BCUT2D eigenvalue weighted by Crippen LogP contribution is -2.28. The quantitative estimate of drug-likeness (QED) is 0.608. The molecule has 5 nitrogen and oxygen atoms in total. The van der Waals surface area contributed by atoms with E-state index in [2.05, 4.69) is 15.3 Å². The number of nitrogens with one attached hydrogen (secondary N) is 2. The van der Waals surface area contributed by atoms with E-state index in [4.69, 9.17) is 11.6 Å². The van der Waals surface area contributed by atoms with Gasteiger partial charge in [0.1, 0.15) is 0 Å². The molecular formula is C17H20ClN3O2S. The first-order chi connectivity index (χ1) is 11.4. The van der Waals surface area contributed by atoms with Gasteiger partial charge in [0.15, 0.2) is 5.16 Å². The third-order valence-electron chi connectivity index (χ3n) is 3.72. The molecule has 128 valence electrons. The van der Waals surface area contributed by atoms with E-state index in [0.29, 0.717) is 27.9 Å². The van der Waals surface area contributed by atoms with Crippen LogP contribution in [0, 0.1) is 6.92 Å². The number of aromatic amines is 1. The number of rotatable bonds is 6. The SMILES string of the molecule is CSc1nc(C)c(CCC(=O)NC(C)c2cccc(Cl)c2)c(=O)[nH]1. The van der Waals surface area contributed by atoms with Gasteiger partial charge in [-0.25, -0.2) is 4.98 Å². The second kappa shape index (κ2) is 8.35. The molecule has 24 heavy (non-hydrogen) atoms. The van der Waals surface area contributed by atoms with Crippen molar-refractivity contribution in [1.29, 1.82) is 0 Å². The van der Waals surface area contributed by atoms with Gasteiger partial charge in [0.2, 0.25) is 5.91 Å². The number of nitrogens with zero attached hydrogens (tertiary/aromatic N) is 1. The van der Waals surface area contributed by atoms with E-state index in [1.807, 2.05) is 31.4 Å². The zero-order chi connectivity index (χ0) is 17.7. The van der Waals surface area contributed by atoms with Crippen LogP contribution in [0.3, 0.4) is 0 Å². The first kappa shape index (κ1) is 18.5. The summed E-state index contributed by atoms with van der Waals surface area (Å²) in [4.78, 5) is 31.2. The standard InChI is InChI=1S/C17H20ClN3O2S/c1-10(12-5-4-6-13(18)9-12)19-15(22)8-7-14-11(2)20-17(24-3)21-16(14)23/h4-6,9-10H,7-8H2,1-3H3,(H,19,22)(H,20,21,23). The Hall–Kier alpha value is -1.79. The van der Waals surface area contributed by atoms with Crippen molar-refractivity contribution in [3.63, 3.8) is 0 Å². The fraction of sp³-hybridized carbons (Fsp3) is 0.353. The number of hydrogen-bond acceptors (Lipinski definition) is 4. The number of halogens is 1. The van der Waals surface area contributed by atoms with Crippen molar-refractivity contribution in [2.75, 3.05) is 6.26 Å². The molecule has 0 bridgehead atoms. The van der Waals surface area contributed by atoms with Crippen LogP contribution in [-0.4, -0.2) is 22.1 Å². The molecule has 1 unspecified atom stereocenters. The maximum Gasteiger partial charge on any atom is 0.254 e. The third kappa shape index (κ3) is 4.85. The van der Waals surface area contributed by atoms with Crippen molar-refractivity contribution >= 4 is 29.3 Å². The molecule has 2 aromatic rings. The monoisotopic (exact) mass is 365 g/mol. The van der Waals surface area contributed by atoms with Gasteiger partial charge >= 0.3 is 0 Å².